The second-order valence-corrected chi connectivity index (χ2v) is 7.45. The second-order valence-electron chi connectivity index (χ2n) is 7.45. The van der Waals surface area contributed by atoms with Gasteiger partial charge in [0, 0.05) is 38.4 Å². The molecule has 0 bridgehead atoms. The fourth-order valence-corrected chi connectivity index (χ4v) is 3.36. The minimum atomic E-state index is -0.481. The first-order valence-corrected chi connectivity index (χ1v) is 10.1. The van der Waals surface area contributed by atoms with Crippen LogP contribution in [-0.2, 0) is 11.3 Å². The van der Waals surface area contributed by atoms with Crippen molar-refractivity contribution in [3.63, 3.8) is 0 Å². The van der Waals surface area contributed by atoms with E-state index in [0.29, 0.717) is 13.0 Å². The highest BCUT2D eigenvalue weighted by Crippen LogP contribution is 2.19. The highest BCUT2D eigenvalue weighted by Gasteiger charge is 2.19. The van der Waals surface area contributed by atoms with E-state index in [1.165, 1.54) is 5.69 Å². The van der Waals surface area contributed by atoms with Crippen LogP contribution in [-0.4, -0.2) is 50.1 Å². The Balaban J connectivity index is 1.52. The molecule has 5 heteroatoms. The van der Waals surface area contributed by atoms with E-state index in [-0.39, 0.29) is 5.91 Å². The number of aryl methyl sites for hydroxylation is 1. The third-order valence-electron chi connectivity index (χ3n) is 5.30. The molecule has 1 atom stereocenters. The lowest BCUT2D eigenvalue weighted by molar-refractivity contribution is -0.128. The van der Waals surface area contributed by atoms with Gasteiger partial charge >= 0.3 is 0 Å². The molecule has 0 saturated carbocycles. The Bertz CT molecular complexity index is 768. The van der Waals surface area contributed by atoms with Crippen LogP contribution < -0.4 is 15.0 Å². The van der Waals surface area contributed by atoms with Gasteiger partial charge in [-0.1, -0.05) is 37.3 Å². The smallest absolute Gasteiger partial charge is 0.261 e. The first-order chi connectivity index (χ1) is 13.6. The molecule has 0 radical (unpaired) electrons. The summed E-state index contributed by atoms with van der Waals surface area (Å²) in [5, 5.41) is 3.01. The number of ether oxygens (including phenoxy) is 1. The molecule has 1 fully saturated rings. The number of anilines is 1. The lowest BCUT2D eigenvalue weighted by atomic mass is 10.1. The van der Waals surface area contributed by atoms with E-state index in [1.807, 2.05) is 38.1 Å². The number of nitrogens with zero attached hydrogens (tertiary/aromatic N) is 2. The van der Waals surface area contributed by atoms with Gasteiger partial charge in [-0.05, 0) is 49.7 Å². The molecule has 2 aromatic carbocycles. The summed E-state index contributed by atoms with van der Waals surface area (Å²) >= 11 is 0. The predicted octanol–water partition coefficient (Wildman–Crippen LogP) is 3.22. The molecule has 0 aliphatic carbocycles. The summed E-state index contributed by atoms with van der Waals surface area (Å²) in [4.78, 5) is 17.3. The monoisotopic (exact) mass is 381 g/mol. The molecule has 0 unspecified atom stereocenters. The molecule has 1 heterocycles. The van der Waals surface area contributed by atoms with Crippen molar-refractivity contribution >= 4 is 11.6 Å². The number of carbonyl (C=O) groups is 1. The average Bonchev–Trinajstić information content (AvgIpc) is 2.72. The molecule has 0 aromatic heterocycles. The summed E-state index contributed by atoms with van der Waals surface area (Å²) in [5.41, 5.74) is 3.38. The maximum atomic E-state index is 12.6. The SMILES string of the molecule is CC[C@H](Oc1ccccc1C)C(=O)NCc1ccc(N2CCN(C)CC2)cc1. The van der Waals surface area contributed by atoms with Crippen LogP contribution in [0, 0.1) is 6.92 Å². The molecule has 1 saturated heterocycles. The van der Waals surface area contributed by atoms with Gasteiger partial charge < -0.3 is 19.9 Å². The lowest BCUT2D eigenvalue weighted by Crippen LogP contribution is -2.44. The molecule has 1 aliphatic heterocycles. The number of rotatable bonds is 7. The number of piperazine rings is 1. The van der Waals surface area contributed by atoms with E-state index < -0.39 is 6.10 Å². The first kappa shape index (κ1) is 20.2. The Morgan fingerprint density at radius 1 is 1.07 bits per heavy atom. The molecule has 2 aromatic rings. The van der Waals surface area contributed by atoms with Crippen molar-refractivity contribution in [2.45, 2.75) is 32.9 Å². The topological polar surface area (TPSA) is 44.8 Å². The fraction of sp³-hybridized carbons (Fsp3) is 0.435. The van der Waals surface area contributed by atoms with E-state index in [9.17, 15) is 4.79 Å². The summed E-state index contributed by atoms with van der Waals surface area (Å²) in [6.07, 6.45) is 0.147. The third-order valence-corrected chi connectivity index (χ3v) is 5.30. The molecular weight excluding hydrogens is 350 g/mol. The zero-order chi connectivity index (χ0) is 19.9. The summed E-state index contributed by atoms with van der Waals surface area (Å²) in [7, 11) is 2.16. The summed E-state index contributed by atoms with van der Waals surface area (Å²) < 4.78 is 5.93. The van der Waals surface area contributed by atoms with Crippen molar-refractivity contribution in [2.24, 2.45) is 0 Å². The number of hydrogen-bond acceptors (Lipinski definition) is 4. The molecule has 1 amide bonds. The summed E-state index contributed by atoms with van der Waals surface area (Å²) in [6, 6.07) is 16.3. The number of nitrogens with one attached hydrogen (secondary N) is 1. The maximum absolute atomic E-state index is 12.6. The van der Waals surface area contributed by atoms with Crippen molar-refractivity contribution in [2.75, 3.05) is 38.1 Å². The van der Waals surface area contributed by atoms with Gasteiger partial charge in [-0.15, -0.1) is 0 Å². The summed E-state index contributed by atoms with van der Waals surface area (Å²) in [5.74, 6) is 0.690. The van der Waals surface area contributed by atoms with Gasteiger partial charge in [0.05, 0.1) is 0 Å². The Kier molecular flexibility index (Phi) is 6.93. The highest BCUT2D eigenvalue weighted by molar-refractivity contribution is 5.81. The molecule has 3 rings (SSSR count). The molecule has 1 N–H and O–H groups in total. The number of carbonyl (C=O) groups excluding carboxylic acids is 1. The molecule has 150 valence electrons. The Hall–Kier alpha value is -2.53. The molecule has 1 aliphatic rings. The average molecular weight is 382 g/mol. The number of likely N-dealkylation sites (N-methyl/N-ethyl adjacent to an activating group) is 1. The number of hydrogen-bond donors (Lipinski definition) is 1. The van der Waals surface area contributed by atoms with Crippen LogP contribution in [0.25, 0.3) is 0 Å². The van der Waals surface area contributed by atoms with Gasteiger partial charge in [0.25, 0.3) is 5.91 Å². The van der Waals surface area contributed by atoms with Crippen molar-refractivity contribution in [1.29, 1.82) is 0 Å². The van der Waals surface area contributed by atoms with Gasteiger partial charge in [0.15, 0.2) is 6.10 Å². The fourth-order valence-electron chi connectivity index (χ4n) is 3.36. The van der Waals surface area contributed by atoms with Gasteiger partial charge in [-0.2, -0.15) is 0 Å². The van der Waals surface area contributed by atoms with Crippen LogP contribution in [0.4, 0.5) is 5.69 Å². The largest absolute Gasteiger partial charge is 0.480 e. The van der Waals surface area contributed by atoms with E-state index in [4.69, 9.17) is 4.74 Å². The van der Waals surface area contributed by atoms with Gasteiger partial charge in [-0.3, -0.25) is 4.79 Å². The van der Waals surface area contributed by atoms with Crippen molar-refractivity contribution < 1.29 is 9.53 Å². The van der Waals surface area contributed by atoms with Crippen LogP contribution in [0.3, 0.4) is 0 Å². The minimum absolute atomic E-state index is 0.0751. The van der Waals surface area contributed by atoms with Gasteiger partial charge in [0.2, 0.25) is 0 Å². The van der Waals surface area contributed by atoms with Gasteiger partial charge in [-0.25, -0.2) is 0 Å². The summed E-state index contributed by atoms with van der Waals surface area (Å²) in [6.45, 7) is 8.76. The standard InChI is InChI=1S/C23H31N3O2/c1-4-21(28-22-8-6-5-7-18(22)2)23(27)24-17-19-9-11-20(12-10-19)26-15-13-25(3)14-16-26/h5-12,21H,4,13-17H2,1-3H3,(H,24,27)/t21-/m0/s1. The van der Waals surface area contributed by atoms with Crippen molar-refractivity contribution in [1.82, 2.24) is 10.2 Å². The molecule has 28 heavy (non-hydrogen) atoms. The van der Waals surface area contributed by atoms with Crippen LogP contribution in [0.1, 0.15) is 24.5 Å². The zero-order valence-corrected chi connectivity index (χ0v) is 17.1. The number of amides is 1. The predicted molar refractivity (Wildman–Crippen MR) is 114 cm³/mol. The van der Waals surface area contributed by atoms with E-state index in [0.717, 1.165) is 43.1 Å². The number of benzene rings is 2. The Labute approximate surface area is 168 Å². The molecule has 5 nitrogen and oxygen atoms in total. The molecule has 0 spiro atoms. The normalized spacial score (nSPS) is 15.9. The maximum Gasteiger partial charge on any atom is 0.261 e. The quantitative estimate of drug-likeness (QED) is 0.800. The Morgan fingerprint density at radius 3 is 2.39 bits per heavy atom. The zero-order valence-electron chi connectivity index (χ0n) is 17.1. The van der Waals surface area contributed by atoms with Crippen molar-refractivity contribution in [3.05, 3.63) is 59.7 Å². The highest BCUT2D eigenvalue weighted by atomic mass is 16.5. The van der Waals surface area contributed by atoms with E-state index in [2.05, 4.69) is 46.4 Å². The molecular formula is C23H31N3O2. The van der Waals surface area contributed by atoms with Crippen LogP contribution >= 0.6 is 0 Å². The van der Waals surface area contributed by atoms with Crippen LogP contribution in [0.5, 0.6) is 5.75 Å². The lowest BCUT2D eigenvalue weighted by Gasteiger charge is -2.34. The van der Waals surface area contributed by atoms with E-state index in [1.54, 1.807) is 0 Å². The second kappa shape index (κ2) is 9.60. The van der Waals surface area contributed by atoms with Crippen LogP contribution in [0.2, 0.25) is 0 Å². The van der Waals surface area contributed by atoms with Crippen LogP contribution in [0.15, 0.2) is 48.5 Å². The first-order valence-electron chi connectivity index (χ1n) is 10.1. The number of para-hydroxylation sites is 1. The van der Waals surface area contributed by atoms with Crippen molar-refractivity contribution in [3.8, 4) is 5.75 Å². The Morgan fingerprint density at radius 2 is 1.75 bits per heavy atom. The van der Waals surface area contributed by atoms with Gasteiger partial charge in [0.1, 0.15) is 5.75 Å². The third kappa shape index (κ3) is 5.26. The minimum Gasteiger partial charge on any atom is -0.480 e. The van der Waals surface area contributed by atoms with E-state index >= 15 is 0 Å².